The van der Waals surface area contributed by atoms with E-state index in [1.54, 1.807) is 30.3 Å². The molecule has 0 saturated carbocycles. The van der Waals surface area contributed by atoms with Crippen LogP contribution in [0, 0.1) is 5.92 Å². The highest BCUT2D eigenvalue weighted by atomic mass is 32.2. The molecule has 3 aromatic carbocycles. The number of esters is 1. The summed E-state index contributed by atoms with van der Waals surface area (Å²) < 4.78 is 35.5. The Bertz CT molecular complexity index is 1130. The number of carbonyl (C=O) groups is 1. The quantitative estimate of drug-likeness (QED) is 0.297. The van der Waals surface area contributed by atoms with Crippen molar-refractivity contribution in [1.82, 2.24) is 5.32 Å². The largest absolute Gasteiger partial charge is 0.463 e. The minimum atomic E-state index is -3.89. The number of benzene rings is 3. The zero-order valence-corrected chi connectivity index (χ0v) is 20.3. The zero-order chi connectivity index (χ0) is 24.4. The van der Waals surface area contributed by atoms with Gasteiger partial charge in [-0.3, -0.25) is 4.79 Å². The molecule has 1 unspecified atom stereocenters. The van der Waals surface area contributed by atoms with E-state index in [0.29, 0.717) is 25.9 Å². The van der Waals surface area contributed by atoms with Crippen molar-refractivity contribution in [2.45, 2.75) is 44.2 Å². The van der Waals surface area contributed by atoms with E-state index in [2.05, 4.69) is 17.4 Å². The fourth-order valence-electron chi connectivity index (χ4n) is 3.56. The van der Waals surface area contributed by atoms with Crippen LogP contribution in [0.1, 0.15) is 31.4 Å². The lowest BCUT2D eigenvalue weighted by atomic mass is 9.96. The van der Waals surface area contributed by atoms with Crippen LogP contribution in [0.3, 0.4) is 0 Å². The summed E-state index contributed by atoms with van der Waals surface area (Å²) >= 11 is 0. The molecule has 0 aliphatic carbocycles. The number of hydrogen-bond donors (Lipinski definition) is 1. The molecular formula is C27H31NO5S. The Morgan fingerprint density at radius 1 is 0.853 bits per heavy atom. The molecule has 0 aliphatic rings. The van der Waals surface area contributed by atoms with Crippen molar-refractivity contribution < 1.29 is 22.1 Å². The van der Waals surface area contributed by atoms with Gasteiger partial charge < -0.3 is 14.2 Å². The topological polar surface area (TPSA) is 81.7 Å². The molecule has 180 valence electrons. The first-order chi connectivity index (χ1) is 16.3. The maximum Gasteiger partial charge on any atom is 0.339 e. The number of rotatable bonds is 12. The van der Waals surface area contributed by atoms with Gasteiger partial charge in [0.25, 0.3) is 0 Å². The first kappa shape index (κ1) is 25.5. The number of hydrogen-bond acceptors (Lipinski definition) is 6. The van der Waals surface area contributed by atoms with Crippen LogP contribution in [0.4, 0.5) is 0 Å². The minimum absolute atomic E-state index is 0.0229. The van der Waals surface area contributed by atoms with E-state index in [4.69, 9.17) is 8.92 Å². The third-order valence-corrected chi connectivity index (χ3v) is 6.37. The molecule has 1 atom stereocenters. The Kier molecular flexibility index (Phi) is 9.24. The van der Waals surface area contributed by atoms with Crippen molar-refractivity contribution in [3.8, 4) is 5.75 Å². The second-order valence-corrected chi connectivity index (χ2v) is 9.97. The Balaban J connectivity index is 1.62. The molecule has 0 aromatic heterocycles. The molecule has 3 aromatic rings. The Morgan fingerprint density at radius 2 is 1.47 bits per heavy atom. The average molecular weight is 482 g/mol. The fourth-order valence-corrected chi connectivity index (χ4v) is 4.51. The monoisotopic (exact) mass is 481 g/mol. The third kappa shape index (κ3) is 8.32. The predicted octanol–water partition coefficient (Wildman–Crippen LogP) is 4.74. The van der Waals surface area contributed by atoms with Crippen molar-refractivity contribution >= 4 is 16.1 Å². The van der Waals surface area contributed by atoms with Crippen molar-refractivity contribution in [2.75, 3.05) is 6.54 Å². The molecule has 0 bridgehead atoms. The van der Waals surface area contributed by atoms with E-state index in [-0.39, 0.29) is 28.6 Å². The van der Waals surface area contributed by atoms with E-state index in [1.807, 2.05) is 44.2 Å². The van der Waals surface area contributed by atoms with Gasteiger partial charge in [0, 0.05) is 13.0 Å². The lowest BCUT2D eigenvalue weighted by molar-refractivity contribution is -0.148. The van der Waals surface area contributed by atoms with Crippen LogP contribution in [0.5, 0.6) is 5.75 Å². The van der Waals surface area contributed by atoms with E-state index < -0.39 is 10.1 Å². The summed E-state index contributed by atoms with van der Waals surface area (Å²) in [7, 11) is -3.89. The first-order valence-corrected chi connectivity index (χ1v) is 12.8. The van der Waals surface area contributed by atoms with Crippen molar-refractivity contribution in [1.29, 1.82) is 0 Å². The zero-order valence-electron chi connectivity index (χ0n) is 19.5. The summed E-state index contributed by atoms with van der Waals surface area (Å²) in [5.74, 6) is 0.0378. The highest BCUT2D eigenvalue weighted by molar-refractivity contribution is 7.87. The highest BCUT2D eigenvalue weighted by Gasteiger charge is 2.18. The van der Waals surface area contributed by atoms with Gasteiger partial charge in [-0.05, 0) is 68.1 Å². The molecule has 7 heteroatoms. The first-order valence-electron chi connectivity index (χ1n) is 11.3. The number of ether oxygens (including phenoxy) is 1. The molecule has 0 fully saturated rings. The van der Waals surface area contributed by atoms with Crippen LogP contribution in [0.2, 0.25) is 0 Å². The van der Waals surface area contributed by atoms with Gasteiger partial charge in [-0.15, -0.1) is 0 Å². The number of nitrogens with one attached hydrogen (secondary N) is 1. The lowest BCUT2D eigenvalue weighted by Gasteiger charge is -2.18. The molecule has 34 heavy (non-hydrogen) atoms. The van der Waals surface area contributed by atoms with Gasteiger partial charge in [0.1, 0.15) is 10.6 Å². The van der Waals surface area contributed by atoms with Gasteiger partial charge >= 0.3 is 16.1 Å². The standard InChI is InChI=1S/C27H31NO5S/c1-21(2)32-27(29)18-24(20-28-19-23-9-5-3-6-10-23)17-22-13-15-25(16-14-22)33-34(30,31)26-11-7-4-8-12-26/h3-16,21,24,28H,17-20H2,1-2H3. The predicted molar refractivity (Wildman–Crippen MR) is 132 cm³/mol. The van der Waals surface area contributed by atoms with E-state index in [1.165, 1.54) is 17.7 Å². The van der Waals surface area contributed by atoms with Crippen molar-refractivity contribution in [3.63, 3.8) is 0 Å². The Morgan fingerprint density at radius 3 is 2.09 bits per heavy atom. The van der Waals surface area contributed by atoms with Crippen LogP contribution >= 0.6 is 0 Å². The fraction of sp³-hybridized carbons (Fsp3) is 0.296. The van der Waals surface area contributed by atoms with E-state index >= 15 is 0 Å². The van der Waals surface area contributed by atoms with Gasteiger partial charge in [0.05, 0.1) is 6.10 Å². The summed E-state index contributed by atoms with van der Waals surface area (Å²) in [6.45, 7) is 5.02. The van der Waals surface area contributed by atoms with Crippen molar-refractivity contribution in [3.05, 3.63) is 96.1 Å². The summed E-state index contributed by atoms with van der Waals surface area (Å²) in [5.41, 5.74) is 2.15. The Labute approximate surface area is 202 Å². The van der Waals surface area contributed by atoms with Crippen molar-refractivity contribution in [2.24, 2.45) is 5.92 Å². The van der Waals surface area contributed by atoms with Crippen LogP contribution < -0.4 is 9.50 Å². The molecule has 0 heterocycles. The van der Waals surface area contributed by atoms with Gasteiger partial charge in [0.2, 0.25) is 0 Å². The molecule has 0 spiro atoms. The SMILES string of the molecule is CC(C)OC(=O)CC(CNCc1ccccc1)Cc1ccc(OS(=O)(=O)c2ccccc2)cc1. The molecule has 3 rings (SSSR count). The molecule has 0 radical (unpaired) electrons. The molecule has 6 nitrogen and oxygen atoms in total. The summed E-state index contributed by atoms with van der Waals surface area (Å²) in [6.07, 6.45) is 0.773. The maximum atomic E-state index is 12.4. The summed E-state index contributed by atoms with van der Waals surface area (Å²) in [4.78, 5) is 12.4. The van der Waals surface area contributed by atoms with Crippen LogP contribution in [0.15, 0.2) is 89.8 Å². The molecule has 0 amide bonds. The average Bonchev–Trinajstić information content (AvgIpc) is 2.81. The molecule has 1 N–H and O–H groups in total. The lowest BCUT2D eigenvalue weighted by Crippen LogP contribution is -2.27. The molecular weight excluding hydrogens is 450 g/mol. The minimum Gasteiger partial charge on any atom is -0.463 e. The van der Waals surface area contributed by atoms with Crippen LogP contribution in [0.25, 0.3) is 0 Å². The van der Waals surface area contributed by atoms with Crippen LogP contribution in [-0.4, -0.2) is 27.0 Å². The second kappa shape index (κ2) is 12.3. The second-order valence-electron chi connectivity index (χ2n) is 8.42. The number of carbonyl (C=O) groups excluding carboxylic acids is 1. The van der Waals surface area contributed by atoms with Gasteiger partial charge in [-0.25, -0.2) is 0 Å². The maximum absolute atomic E-state index is 12.4. The third-order valence-electron chi connectivity index (χ3n) is 5.11. The highest BCUT2D eigenvalue weighted by Crippen LogP contribution is 2.21. The summed E-state index contributed by atoms with van der Waals surface area (Å²) in [5, 5.41) is 3.43. The van der Waals surface area contributed by atoms with E-state index in [0.717, 1.165) is 5.56 Å². The normalized spacial score (nSPS) is 12.3. The Hall–Kier alpha value is -3.16. The van der Waals surface area contributed by atoms with Gasteiger partial charge in [-0.2, -0.15) is 8.42 Å². The van der Waals surface area contributed by atoms with Gasteiger partial charge in [-0.1, -0.05) is 60.7 Å². The van der Waals surface area contributed by atoms with E-state index in [9.17, 15) is 13.2 Å². The van der Waals surface area contributed by atoms with Crippen LogP contribution in [-0.2, 0) is 32.6 Å². The summed E-state index contributed by atoms with van der Waals surface area (Å²) in [6, 6.07) is 25.0. The molecule has 0 saturated heterocycles. The smallest absolute Gasteiger partial charge is 0.339 e. The van der Waals surface area contributed by atoms with Gasteiger partial charge in [0.15, 0.2) is 0 Å². The molecule has 0 aliphatic heterocycles.